The molecule has 1 aliphatic heterocycles. The Balaban J connectivity index is 1.73. The summed E-state index contributed by atoms with van der Waals surface area (Å²) in [5.74, 6) is 0.138. The quantitative estimate of drug-likeness (QED) is 0.851. The van der Waals surface area contributed by atoms with Crippen LogP contribution in [0.5, 0.6) is 0 Å². The Kier molecular flexibility index (Phi) is 6.42. The van der Waals surface area contributed by atoms with Crippen molar-refractivity contribution in [2.45, 2.75) is 19.4 Å². The van der Waals surface area contributed by atoms with Crippen molar-refractivity contribution in [3.05, 3.63) is 29.8 Å². The average molecular weight is 318 g/mol. The van der Waals surface area contributed by atoms with Crippen molar-refractivity contribution in [2.75, 3.05) is 58.8 Å². The van der Waals surface area contributed by atoms with Gasteiger partial charge in [0.2, 0.25) is 5.91 Å². The van der Waals surface area contributed by atoms with E-state index < -0.39 is 0 Å². The highest BCUT2D eigenvalue weighted by Crippen LogP contribution is 2.12. The number of carbonyl (C=O) groups excluding carboxylic acids is 1. The van der Waals surface area contributed by atoms with Gasteiger partial charge in [-0.15, -0.1) is 0 Å². The molecule has 0 spiro atoms. The van der Waals surface area contributed by atoms with E-state index >= 15 is 0 Å². The second kappa shape index (κ2) is 8.31. The predicted molar refractivity (Wildman–Crippen MR) is 96.0 cm³/mol. The van der Waals surface area contributed by atoms with Crippen molar-refractivity contribution in [2.24, 2.45) is 0 Å². The third kappa shape index (κ3) is 5.22. The lowest BCUT2D eigenvalue weighted by Gasteiger charge is -2.35. The summed E-state index contributed by atoms with van der Waals surface area (Å²) in [4.78, 5) is 18.9. The second-order valence-corrected chi connectivity index (χ2v) is 6.62. The molecule has 1 atom stereocenters. The van der Waals surface area contributed by atoms with E-state index in [1.807, 2.05) is 21.0 Å². The minimum atomic E-state index is -0.0418. The highest BCUT2D eigenvalue weighted by Gasteiger charge is 2.23. The first-order valence-electron chi connectivity index (χ1n) is 8.44. The Bertz CT molecular complexity index is 492. The molecule has 1 aliphatic rings. The van der Waals surface area contributed by atoms with Crippen LogP contribution in [0.3, 0.4) is 0 Å². The van der Waals surface area contributed by atoms with E-state index in [1.54, 1.807) is 0 Å². The van der Waals surface area contributed by atoms with Crippen LogP contribution in [0.25, 0.3) is 0 Å². The summed E-state index contributed by atoms with van der Waals surface area (Å²) < 4.78 is 0. The molecule has 1 saturated heterocycles. The summed E-state index contributed by atoms with van der Waals surface area (Å²) in [5, 5.41) is 3.07. The Labute approximate surface area is 140 Å². The fourth-order valence-corrected chi connectivity index (χ4v) is 2.81. The summed E-state index contributed by atoms with van der Waals surface area (Å²) in [6.07, 6.45) is 0.870. The molecule has 1 fully saturated rings. The van der Waals surface area contributed by atoms with Crippen LogP contribution in [0.1, 0.15) is 12.5 Å². The predicted octanol–water partition coefficient (Wildman–Crippen LogP) is 1.05. The van der Waals surface area contributed by atoms with Crippen molar-refractivity contribution in [1.82, 2.24) is 15.1 Å². The first-order valence-corrected chi connectivity index (χ1v) is 8.44. The van der Waals surface area contributed by atoms with Crippen LogP contribution >= 0.6 is 0 Å². The minimum Gasteiger partial charge on any atom is -0.378 e. The lowest BCUT2D eigenvalue weighted by Crippen LogP contribution is -2.53. The van der Waals surface area contributed by atoms with E-state index in [2.05, 4.69) is 51.3 Å². The number of carbonyl (C=O) groups is 1. The third-order valence-electron chi connectivity index (χ3n) is 4.63. The highest BCUT2D eigenvalue weighted by molar-refractivity contribution is 5.81. The monoisotopic (exact) mass is 318 g/mol. The molecule has 2 rings (SSSR count). The van der Waals surface area contributed by atoms with Gasteiger partial charge in [0.25, 0.3) is 0 Å². The van der Waals surface area contributed by atoms with Gasteiger partial charge in [0, 0.05) is 52.5 Å². The van der Waals surface area contributed by atoms with E-state index in [4.69, 9.17) is 0 Å². The third-order valence-corrected chi connectivity index (χ3v) is 4.63. The number of likely N-dealkylation sites (N-methyl/N-ethyl adjacent to an activating group) is 1. The molecule has 5 heteroatoms. The van der Waals surface area contributed by atoms with Crippen LogP contribution in [-0.2, 0) is 11.2 Å². The minimum absolute atomic E-state index is 0.0418. The maximum atomic E-state index is 12.3. The molecule has 0 aromatic heterocycles. The molecule has 1 amide bonds. The van der Waals surface area contributed by atoms with Gasteiger partial charge in [-0.25, -0.2) is 0 Å². The molecule has 23 heavy (non-hydrogen) atoms. The van der Waals surface area contributed by atoms with E-state index in [-0.39, 0.29) is 11.9 Å². The summed E-state index contributed by atoms with van der Waals surface area (Å²) in [6.45, 7) is 6.71. The van der Waals surface area contributed by atoms with Crippen LogP contribution in [0, 0.1) is 0 Å². The number of hydrogen-bond acceptors (Lipinski definition) is 4. The Hall–Kier alpha value is -1.59. The molecule has 128 valence electrons. The van der Waals surface area contributed by atoms with Gasteiger partial charge >= 0.3 is 0 Å². The SMILES string of the molecule is C[C@H](C(=O)NCCc1ccc(N(C)C)cc1)N1CCN(C)CC1. The van der Waals surface area contributed by atoms with Gasteiger partial charge in [-0.2, -0.15) is 0 Å². The van der Waals surface area contributed by atoms with E-state index in [9.17, 15) is 4.79 Å². The highest BCUT2D eigenvalue weighted by atomic mass is 16.2. The van der Waals surface area contributed by atoms with Gasteiger partial charge in [0.15, 0.2) is 0 Å². The molecule has 0 saturated carbocycles. The molecule has 1 aromatic rings. The molecule has 1 heterocycles. The van der Waals surface area contributed by atoms with Crippen molar-refractivity contribution in [3.8, 4) is 0 Å². The number of rotatable bonds is 6. The van der Waals surface area contributed by atoms with Crippen LogP contribution in [-0.4, -0.2) is 75.6 Å². The van der Waals surface area contributed by atoms with Crippen molar-refractivity contribution in [3.63, 3.8) is 0 Å². The maximum Gasteiger partial charge on any atom is 0.237 e. The smallest absolute Gasteiger partial charge is 0.237 e. The zero-order chi connectivity index (χ0) is 16.8. The zero-order valence-electron chi connectivity index (χ0n) is 14.9. The lowest BCUT2D eigenvalue weighted by molar-refractivity contribution is -0.126. The topological polar surface area (TPSA) is 38.8 Å². The molecule has 0 bridgehead atoms. The fraction of sp³-hybridized carbons (Fsp3) is 0.611. The Morgan fingerprint density at radius 2 is 1.78 bits per heavy atom. The van der Waals surface area contributed by atoms with Crippen LogP contribution in [0.15, 0.2) is 24.3 Å². The fourth-order valence-electron chi connectivity index (χ4n) is 2.81. The van der Waals surface area contributed by atoms with Crippen LogP contribution in [0.4, 0.5) is 5.69 Å². The van der Waals surface area contributed by atoms with Crippen molar-refractivity contribution < 1.29 is 4.79 Å². The summed E-state index contributed by atoms with van der Waals surface area (Å²) >= 11 is 0. The van der Waals surface area contributed by atoms with Gasteiger partial charge in [-0.3, -0.25) is 9.69 Å². The zero-order valence-corrected chi connectivity index (χ0v) is 14.9. The Morgan fingerprint density at radius 3 is 2.35 bits per heavy atom. The largest absolute Gasteiger partial charge is 0.378 e. The molecule has 1 N–H and O–H groups in total. The first kappa shape index (κ1) is 17.8. The summed E-state index contributed by atoms with van der Waals surface area (Å²) in [6, 6.07) is 8.45. The second-order valence-electron chi connectivity index (χ2n) is 6.62. The number of piperazine rings is 1. The van der Waals surface area contributed by atoms with Crippen molar-refractivity contribution >= 4 is 11.6 Å². The molecule has 0 aliphatic carbocycles. The van der Waals surface area contributed by atoms with Gasteiger partial charge < -0.3 is 15.1 Å². The summed E-state index contributed by atoms with van der Waals surface area (Å²) in [5.41, 5.74) is 2.45. The standard InChI is InChI=1S/C18H30N4O/c1-15(22-13-11-21(4)12-14-22)18(23)19-10-9-16-5-7-17(8-6-16)20(2)3/h5-8,15H,9-14H2,1-4H3,(H,19,23)/t15-/m1/s1. The number of benzene rings is 1. The molecule has 0 radical (unpaired) electrons. The molecule has 5 nitrogen and oxygen atoms in total. The van der Waals surface area contributed by atoms with Gasteiger partial charge in [-0.05, 0) is 38.1 Å². The lowest BCUT2D eigenvalue weighted by atomic mass is 10.1. The van der Waals surface area contributed by atoms with E-state index in [1.165, 1.54) is 11.3 Å². The maximum absolute atomic E-state index is 12.3. The normalized spacial score (nSPS) is 17.7. The van der Waals surface area contributed by atoms with Gasteiger partial charge in [0.05, 0.1) is 6.04 Å². The number of nitrogens with one attached hydrogen (secondary N) is 1. The van der Waals surface area contributed by atoms with Crippen molar-refractivity contribution in [1.29, 1.82) is 0 Å². The van der Waals surface area contributed by atoms with Crippen LogP contribution < -0.4 is 10.2 Å². The van der Waals surface area contributed by atoms with E-state index in [0.717, 1.165) is 32.6 Å². The number of amides is 1. The molecular formula is C18H30N4O. The van der Waals surface area contributed by atoms with Gasteiger partial charge in [-0.1, -0.05) is 12.1 Å². The molecule has 1 aromatic carbocycles. The summed E-state index contributed by atoms with van der Waals surface area (Å²) in [7, 11) is 6.20. The van der Waals surface area contributed by atoms with Crippen LogP contribution in [0.2, 0.25) is 0 Å². The number of nitrogens with zero attached hydrogens (tertiary/aromatic N) is 3. The number of anilines is 1. The van der Waals surface area contributed by atoms with E-state index in [0.29, 0.717) is 6.54 Å². The number of hydrogen-bond donors (Lipinski definition) is 1. The van der Waals surface area contributed by atoms with Gasteiger partial charge in [0.1, 0.15) is 0 Å². The molecule has 0 unspecified atom stereocenters. The Morgan fingerprint density at radius 1 is 1.17 bits per heavy atom. The average Bonchev–Trinajstić information content (AvgIpc) is 2.55. The molecular weight excluding hydrogens is 288 g/mol. The first-order chi connectivity index (χ1) is 11.0.